The van der Waals surface area contributed by atoms with Crippen molar-refractivity contribution >= 4 is 43.7 Å². The molecule has 110 valence electrons. The summed E-state index contributed by atoms with van der Waals surface area (Å²) in [6.07, 6.45) is 0. The number of carbonyl (C=O) groups excluding carboxylic acids is 1. The highest BCUT2D eigenvalue weighted by molar-refractivity contribution is 9.11. The second-order valence-electron chi connectivity index (χ2n) is 3.78. The van der Waals surface area contributed by atoms with Gasteiger partial charge in [-0.25, -0.2) is 4.79 Å². The van der Waals surface area contributed by atoms with E-state index in [2.05, 4.69) is 37.2 Å². The number of halogens is 2. The molecular formula is C12H13Br2NO5. The molecule has 0 saturated carbocycles. The first kappa shape index (κ1) is 16.9. The highest BCUT2D eigenvalue weighted by atomic mass is 79.9. The van der Waals surface area contributed by atoms with Crippen molar-refractivity contribution in [3.63, 3.8) is 0 Å². The number of methoxy groups -OCH3 is 1. The van der Waals surface area contributed by atoms with Crippen molar-refractivity contribution < 1.29 is 24.2 Å². The summed E-state index contributed by atoms with van der Waals surface area (Å²) in [5.74, 6) is -1.21. The molecule has 1 unspecified atom stereocenters. The summed E-state index contributed by atoms with van der Waals surface area (Å²) in [5, 5.41) is 11.2. The quantitative estimate of drug-likeness (QED) is 0.715. The Hall–Kier alpha value is -1.12. The van der Waals surface area contributed by atoms with Gasteiger partial charge in [0.2, 0.25) is 0 Å². The minimum Gasteiger partial charge on any atom is -0.483 e. The summed E-state index contributed by atoms with van der Waals surface area (Å²) >= 11 is 6.59. The minimum absolute atomic E-state index is 0.108. The molecule has 6 nitrogen and oxygen atoms in total. The number of nitrogens with one attached hydrogen (secondary N) is 1. The van der Waals surface area contributed by atoms with Gasteiger partial charge in [-0.2, -0.15) is 0 Å². The van der Waals surface area contributed by atoms with E-state index in [0.717, 1.165) is 4.47 Å². The van der Waals surface area contributed by atoms with E-state index in [1.54, 1.807) is 18.2 Å². The van der Waals surface area contributed by atoms with Crippen LogP contribution in [0.5, 0.6) is 5.75 Å². The minimum atomic E-state index is -1.16. The van der Waals surface area contributed by atoms with E-state index in [1.807, 2.05) is 0 Å². The second-order valence-corrected chi connectivity index (χ2v) is 5.55. The molecule has 0 aliphatic rings. The van der Waals surface area contributed by atoms with Gasteiger partial charge in [-0.15, -0.1) is 0 Å². The number of rotatable bonds is 7. The molecule has 0 spiro atoms. The van der Waals surface area contributed by atoms with Crippen LogP contribution in [0, 0.1) is 0 Å². The Morgan fingerprint density at radius 3 is 2.65 bits per heavy atom. The molecule has 0 heterocycles. The Balaban J connectivity index is 2.52. The lowest BCUT2D eigenvalue weighted by molar-refractivity contribution is -0.143. The highest BCUT2D eigenvalue weighted by Crippen LogP contribution is 2.27. The Morgan fingerprint density at radius 1 is 1.40 bits per heavy atom. The SMILES string of the molecule is COCC(NC(=O)COc1ccc(Br)cc1Br)C(=O)O. The molecule has 1 rings (SSSR count). The number of amides is 1. The van der Waals surface area contributed by atoms with Crippen LogP contribution in [0.2, 0.25) is 0 Å². The Morgan fingerprint density at radius 2 is 2.10 bits per heavy atom. The summed E-state index contributed by atoms with van der Waals surface area (Å²) < 4.78 is 11.6. The molecule has 1 aromatic rings. The number of ether oxygens (including phenoxy) is 2. The number of carboxylic acids is 1. The number of carboxylic acid groups (broad SMARTS) is 1. The van der Waals surface area contributed by atoms with Gasteiger partial charge in [-0.05, 0) is 34.1 Å². The third kappa shape index (κ3) is 5.48. The van der Waals surface area contributed by atoms with E-state index in [0.29, 0.717) is 10.2 Å². The van der Waals surface area contributed by atoms with Gasteiger partial charge in [0.1, 0.15) is 5.75 Å². The van der Waals surface area contributed by atoms with Crippen molar-refractivity contribution in [3.8, 4) is 5.75 Å². The van der Waals surface area contributed by atoms with E-state index in [4.69, 9.17) is 14.6 Å². The zero-order valence-corrected chi connectivity index (χ0v) is 13.7. The topological polar surface area (TPSA) is 84.9 Å². The van der Waals surface area contributed by atoms with Gasteiger partial charge in [0, 0.05) is 11.6 Å². The number of carbonyl (C=O) groups is 2. The standard InChI is InChI=1S/C12H13Br2NO5/c1-19-5-9(12(17)18)15-11(16)6-20-10-3-2-7(13)4-8(10)14/h2-4,9H,5-6H2,1H3,(H,15,16)(H,17,18). The lowest BCUT2D eigenvalue weighted by Crippen LogP contribution is -2.45. The number of aliphatic carboxylic acids is 1. The van der Waals surface area contributed by atoms with Gasteiger partial charge >= 0.3 is 5.97 Å². The van der Waals surface area contributed by atoms with E-state index in [1.165, 1.54) is 7.11 Å². The summed E-state index contributed by atoms with van der Waals surface area (Å²) in [7, 11) is 1.36. The van der Waals surface area contributed by atoms with Crippen molar-refractivity contribution in [1.82, 2.24) is 5.32 Å². The third-order valence-electron chi connectivity index (χ3n) is 2.22. The molecule has 1 amide bonds. The van der Waals surface area contributed by atoms with Crippen molar-refractivity contribution in [3.05, 3.63) is 27.1 Å². The fraction of sp³-hybridized carbons (Fsp3) is 0.333. The van der Waals surface area contributed by atoms with Crippen LogP contribution in [0.1, 0.15) is 0 Å². The van der Waals surface area contributed by atoms with Crippen LogP contribution >= 0.6 is 31.9 Å². The largest absolute Gasteiger partial charge is 0.483 e. The molecule has 0 aliphatic carbocycles. The van der Waals surface area contributed by atoms with Crippen LogP contribution in [-0.4, -0.2) is 43.3 Å². The van der Waals surface area contributed by atoms with Gasteiger partial charge in [-0.3, -0.25) is 4.79 Å². The maximum absolute atomic E-state index is 11.6. The summed E-state index contributed by atoms with van der Waals surface area (Å²) in [4.78, 5) is 22.4. The predicted molar refractivity (Wildman–Crippen MR) is 78.8 cm³/mol. The van der Waals surface area contributed by atoms with Crippen molar-refractivity contribution in [2.45, 2.75) is 6.04 Å². The highest BCUT2D eigenvalue weighted by Gasteiger charge is 2.19. The van der Waals surface area contributed by atoms with Crippen LogP contribution in [-0.2, 0) is 14.3 Å². The predicted octanol–water partition coefficient (Wildman–Crippen LogP) is 1.81. The van der Waals surface area contributed by atoms with Crippen LogP contribution in [0.3, 0.4) is 0 Å². The Bertz CT molecular complexity index is 495. The second kappa shape index (κ2) is 8.23. The molecule has 0 bridgehead atoms. The number of benzene rings is 1. The first-order valence-electron chi connectivity index (χ1n) is 5.53. The lowest BCUT2D eigenvalue weighted by Gasteiger charge is -2.14. The number of hydrogen-bond donors (Lipinski definition) is 2. The molecular weight excluding hydrogens is 398 g/mol. The monoisotopic (exact) mass is 409 g/mol. The van der Waals surface area contributed by atoms with Crippen LogP contribution in [0.4, 0.5) is 0 Å². The summed E-state index contributed by atoms with van der Waals surface area (Å²) in [5.41, 5.74) is 0. The lowest BCUT2D eigenvalue weighted by atomic mass is 10.3. The summed E-state index contributed by atoms with van der Waals surface area (Å²) in [6.45, 7) is -0.392. The molecule has 0 saturated heterocycles. The van der Waals surface area contributed by atoms with Crippen molar-refractivity contribution in [2.24, 2.45) is 0 Å². The molecule has 0 radical (unpaired) electrons. The normalized spacial score (nSPS) is 11.8. The summed E-state index contributed by atoms with van der Waals surface area (Å²) in [6, 6.07) is 4.14. The van der Waals surface area contributed by atoms with E-state index >= 15 is 0 Å². The van der Waals surface area contributed by atoms with Crippen molar-refractivity contribution in [1.29, 1.82) is 0 Å². The van der Waals surface area contributed by atoms with E-state index in [9.17, 15) is 9.59 Å². The molecule has 0 aliphatic heterocycles. The Kier molecular flexibility index (Phi) is 6.97. The molecule has 1 atom stereocenters. The van der Waals surface area contributed by atoms with Crippen LogP contribution in [0.15, 0.2) is 27.1 Å². The van der Waals surface area contributed by atoms with Gasteiger partial charge < -0.3 is 19.9 Å². The fourth-order valence-electron chi connectivity index (χ4n) is 1.31. The van der Waals surface area contributed by atoms with Gasteiger partial charge in [0.25, 0.3) is 5.91 Å². The maximum Gasteiger partial charge on any atom is 0.328 e. The average molecular weight is 411 g/mol. The molecule has 0 fully saturated rings. The van der Waals surface area contributed by atoms with Gasteiger partial charge in [0.15, 0.2) is 12.6 Å². The molecule has 2 N–H and O–H groups in total. The molecule has 0 aromatic heterocycles. The van der Waals surface area contributed by atoms with E-state index < -0.39 is 17.9 Å². The van der Waals surface area contributed by atoms with Gasteiger partial charge in [-0.1, -0.05) is 15.9 Å². The van der Waals surface area contributed by atoms with Crippen molar-refractivity contribution in [2.75, 3.05) is 20.3 Å². The first-order valence-corrected chi connectivity index (χ1v) is 7.11. The fourth-order valence-corrected chi connectivity index (χ4v) is 2.47. The Labute approximate surface area is 132 Å². The first-order chi connectivity index (χ1) is 9.43. The van der Waals surface area contributed by atoms with Crippen LogP contribution < -0.4 is 10.1 Å². The van der Waals surface area contributed by atoms with Crippen LogP contribution in [0.25, 0.3) is 0 Å². The molecule has 1 aromatic carbocycles. The zero-order chi connectivity index (χ0) is 15.1. The maximum atomic E-state index is 11.6. The zero-order valence-electron chi connectivity index (χ0n) is 10.6. The van der Waals surface area contributed by atoms with Gasteiger partial charge in [0.05, 0.1) is 11.1 Å². The average Bonchev–Trinajstić information content (AvgIpc) is 2.37. The number of hydrogen-bond acceptors (Lipinski definition) is 4. The molecule has 8 heteroatoms. The third-order valence-corrected chi connectivity index (χ3v) is 3.33. The smallest absolute Gasteiger partial charge is 0.328 e. The van der Waals surface area contributed by atoms with E-state index in [-0.39, 0.29) is 13.2 Å². The molecule has 20 heavy (non-hydrogen) atoms.